The number of nitrogens with zero attached hydrogens (tertiary/aromatic N) is 4. The summed E-state index contributed by atoms with van der Waals surface area (Å²) in [5.41, 5.74) is 2.81. The Hall–Kier alpha value is -5.61. The van der Waals surface area contributed by atoms with Crippen LogP contribution in [0.4, 0.5) is 20.7 Å². The first kappa shape index (κ1) is 32.8. The third-order valence-electron chi connectivity index (χ3n) is 7.69. The van der Waals surface area contributed by atoms with Crippen molar-refractivity contribution in [2.24, 2.45) is 0 Å². The second-order valence-electron chi connectivity index (χ2n) is 12.2. The highest BCUT2D eigenvalue weighted by molar-refractivity contribution is 5.85. The van der Waals surface area contributed by atoms with Crippen LogP contribution in [0.2, 0.25) is 0 Å². The average molecular weight is 634 g/mol. The second kappa shape index (κ2) is 14.2. The number of methoxy groups -OCH3 is 1. The van der Waals surface area contributed by atoms with Crippen LogP contribution < -0.4 is 19.7 Å². The lowest BCUT2D eigenvalue weighted by Crippen LogP contribution is -2.46. The van der Waals surface area contributed by atoms with Gasteiger partial charge in [-0.2, -0.15) is 5.26 Å². The number of nitriles is 1. The van der Waals surface area contributed by atoms with Crippen LogP contribution in [0.15, 0.2) is 72.8 Å². The van der Waals surface area contributed by atoms with Gasteiger partial charge in [0.25, 0.3) is 0 Å². The van der Waals surface area contributed by atoms with E-state index in [4.69, 9.17) is 25.8 Å². The average Bonchev–Trinajstić information content (AvgIpc) is 3.06. The lowest BCUT2D eigenvalue weighted by molar-refractivity contribution is 0.0497. The number of hydrogen-bond acceptors (Lipinski definition) is 7. The fourth-order valence-corrected chi connectivity index (χ4v) is 5.41. The molecule has 0 saturated carbocycles. The quantitative estimate of drug-likeness (QED) is 0.196. The third kappa shape index (κ3) is 7.98. The van der Waals surface area contributed by atoms with E-state index in [0.29, 0.717) is 77.8 Å². The van der Waals surface area contributed by atoms with Crippen molar-refractivity contribution < 1.29 is 23.4 Å². The molecule has 1 fully saturated rings. The highest BCUT2D eigenvalue weighted by Crippen LogP contribution is 2.40. The number of nitrogens with one attached hydrogen (secondary N) is 1. The summed E-state index contributed by atoms with van der Waals surface area (Å²) in [7, 11) is 1.57. The van der Waals surface area contributed by atoms with Crippen molar-refractivity contribution in [3.63, 3.8) is 0 Å². The van der Waals surface area contributed by atoms with Gasteiger partial charge < -0.3 is 24.4 Å². The molecule has 0 radical (unpaired) electrons. The van der Waals surface area contributed by atoms with Crippen LogP contribution in [0.5, 0.6) is 11.5 Å². The molecular weight excluding hydrogens is 597 g/mol. The van der Waals surface area contributed by atoms with Gasteiger partial charge in [0.1, 0.15) is 29.9 Å². The summed E-state index contributed by atoms with van der Waals surface area (Å²) in [5.74, 6) is 0.859. The first-order chi connectivity index (χ1) is 22.6. The Labute approximate surface area is 274 Å². The number of hydrogen-bond donors (Lipinski definition) is 1. The summed E-state index contributed by atoms with van der Waals surface area (Å²) in [4.78, 5) is 22.7. The number of carbonyl (C=O) groups is 1. The summed E-state index contributed by atoms with van der Waals surface area (Å²) in [6.45, 7) is 14.1. The van der Waals surface area contributed by atoms with E-state index in [2.05, 4.69) is 16.2 Å². The van der Waals surface area contributed by atoms with Gasteiger partial charge >= 0.3 is 6.09 Å². The summed E-state index contributed by atoms with van der Waals surface area (Å²) < 4.78 is 32.1. The largest absolute Gasteiger partial charge is 0.493 e. The molecule has 0 bridgehead atoms. The van der Waals surface area contributed by atoms with Crippen molar-refractivity contribution in [3.05, 3.63) is 101 Å². The van der Waals surface area contributed by atoms with Crippen molar-refractivity contribution in [2.45, 2.75) is 51.9 Å². The smallest absolute Gasteiger partial charge is 0.407 e. The van der Waals surface area contributed by atoms with Gasteiger partial charge in [0.15, 0.2) is 11.5 Å². The molecular formula is C37H36FN5O4. The molecule has 1 aromatic heterocycles. The Kier molecular flexibility index (Phi) is 9.91. The minimum Gasteiger partial charge on any atom is -0.493 e. The minimum atomic E-state index is -0.660. The summed E-state index contributed by atoms with van der Waals surface area (Å²) in [6.07, 6.45) is 0.804. The molecule has 0 unspecified atom stereocenters. The zero-order chi connectivity index (χ0) is 33.6. The van der Waals surface area contributed by atoms with Gasteiger partial charge in [-0.15, -0.1) is 0 Å². The molecule has 9 nitrogen and oxygen atoms in total. The maximum absolute atomic E-state index is 14.9. The predicted molar refractivity (Wildman–Crippen MR) is 178 cm³/mol. The van der Waals surface area contributed by atoms with Crippen LogP contribution in [0.25, 0.3) is 27.2 Å². The lowest BCUT2D eigenvalue weighted by atomic mass is 9.96. The van der Waals surface area contributed by atoms with E-state index in [1.807, 2.05) is 68.1 Å². The van der Waals surface area contributed by atoms with Gasteiger partial charge in [0.05, 0.1) is 24.9 Å². The standard InChI is InChI=1S/C37H36FN5O4/c1-37(2,3)47-36(44)41-28-15-17-43(18-16-28)35-27(22-39)19-29(25-11-13-31(40-4)30(38)20-25)34(42-35)26-12-14-32(45-5)33(21-26)46-23-24-9-7-6-8-10-24/h6-14,19-21,28H,15-18,23H2,1-3,5H3,(H,41,44). The first-order valence-electron chi connectivity index (χ1n) is 15.3. The molecule has 0 spiro atoms. The van der Waals surface area contributed by atoms with Crippen LogP contribution in [-0.2, 0) is 11.3 Å². The third-order valence-corrected chi connectivity index (χ3v) is 7.69. The number of ether oxygens (including phenoxy) is 3. The lowest BCUT2D eigenvalue weighted by Gasteiger charge is -2.34. The van der Waals surface area contributed by atoms with Gasteiger partial charge in [-0.05, 0) is 75.1 Å². The number of benzene rings is 3. The van der Waals surface area contributed by atoms with Crippen LogP contribution in [0.1, 0.15) is 44.7 Å². The Balaban J connectivity index is 1.52. The van der Waals surface area contributed by atoms with E-state index < -0.39 is 17.5 Å². The fourth-order valence-electron chi connectivity index (χ4n) is 5.41. The van der Waals surface area contributed by atoms with Crippen LogP contribution in [-0.4, -0.2) is 42.9 Å². The molecule has 5 rings (SSSR count). The predicted octanol–water partition coefficient (Wildman–Crippen LogP) is 8.06. The molecule has 0 atom stereocenters. The number of piperidine rings is 1. The molecule has 3 aromatic carbocycles. The highest BCUT2D eigenvalue weighted by atomic mass is 19.1. The van der Waals surface area contributed by atoms with E-state index in [-0.39, 0.29) is 11.7 Å². The Bertz CT molecular complexity index is 1830. The number of aromatic nitrogens is 1. The topological polar surface area (TPSA) is 101 Å². The molecule has 1 aliphatic heterocycles. The molecule has 1 saturated heterocycles. The number of rotatable bonds is 8. The second-order valence-corrected chi connectivity index (χ2v) is 12.2. The zero-order valence-corrected chi connectivity index (χ0v) is 26.8. The number of amides is 1. The summed E-state index contributed by atoms with van der Waals surface area (Å²) in [5, 5.41) is 13.2. The molecule has 1 amide bonds. The van der Waals surface area contributed by atoms with E-state index in [0.717, 1.165) is 5.56 Å². The Morgan fingerprint density at radius 1 is 1.06 bits per heavy atom. The molecule has 1 N–H and O–H groups in total. The van der Waals surface area contributed by atoms with Gasteiger partial charge in [0.2, 0.25) is 5.69 Å². The number of halogens is 1. The maximum atomic E-state index is 14.9. The van der Waals surface area contributed by atoms with Gasteiger partial charge in [-0.3, -0.25) is 0 Å². The molecule has 1 aliphatic rings. The molecule has 240 valence electrons. The normalized spacial score (nSPS) is 13.3. The maximum Gasteiger partial charge on any atom is 0.407 e. The molecule has 47 heavy (non-hydrogen) atoms. The van der Waals surface area contributed by atoms with E-state index in [9.17, 15) is 14.4 Å². The highest BCUT2D eigenvalue weighted by Gasteiger charge is 2.27. The van der Waals surface area contributed by atoms with Crippen molar-refractivity contribution in [2.75, 3.05) is 25.1 Å². The van der Waals surface area contributed by atoms with Gasteiger partial charge in [-0.25, -0.2) is 19.0 Å². The van der Waals surface area contributed by atoms with Crippen LogP contribution >= 0.6 is 0 Å². The monoisotopic (exact) mass is 633 g/mol. The van der Waals surface area contributed by atoms with Crippen molar-refractivity contribution in [1.29, 1.82) is 5.26 Å². The van der Waals surface area contributed by atoms with Crippen molar-refractivity contribution in [1.82, 2.24) is 10.3 Å². The zero-order valence-electron chi connectivity index (χ0n) is 26.8. The van der Waals surface area contributed by atoms with Gasteiger partial charge in [0, 0.05) is 30.3 Å². The van der Waals surface area contributed by atoms with E-state index >= 15 is 0 Å². The van der Waals surface area contributed by atoms with Crippen LogP contribution in [0.3, 0.4) is 0 Å². The van der Waals surface area contributed by atoms with Crippen molar-refractivity contribution in [3.8, 4) is 40.0 Å². The first-order valence-corrected chi connectivity index (χ1v) is 15.3. The molecule has 10 heteroatoms. The molecule has 4 aromatic rings. The summed E-state index contributed by atoms with van der Waals surface area (Å²) in [6, 6.07) is 23.5. The van der Waals surface area contributed by atoms with Crippen molar-refractivity contribution >= 4 is 17.6 Å². The van der Waals surface area contributed by atoms with E-state index in [1.54, 1.807) is 25.3 Å². The Morgan fingerprint density at radius 2 is 1.79 bits per heavy atom. The van der Waals surface area contributed by atoms with E-state index in [1.165, 1.54) is 12.1 Å². The Morgan fingerprint density at radius 3 is 2.43 bits per heavy atom. The molecule has 2 heterocycles. The fraction of sp³-hybridized carbons (Fsp3) is 0.297. The minimum absolute atomic E-state index is 0.0831. The number of anilines is 1. The number of alkyl carbamates (subject to hydrolysis) is 1. The number of pyridine rings is 1. The van der Waals surface area contributed by atoms with Crippen LogP contribution in [0, 0.1) is 23.7 Å². The molecule has 0 aliphatic carbocycles. The summed E-state index contributed by atoms with van der Waals surface area (Å²) >= 11 is 0. The SMILES string of the molecule is [C-]#[N+]c1ccc(-c2cc(C#N)c(N3CCC(NC(=O)OC(C)(C)C)CC3)nc2-c2ccc(OC)c(OCc3ccccc3)c2)cc1F. The van der Waals surface area contributed by atoms with Gasteiger partial charge in [-0.1, -0.05) is 42.5 Å². The number of carbonyl (C=O) groups excluding carboxylic acids is 1.